The Morgan fingerprint density at radius 3 is 2.50 bits per heavy atom. The topological polar surface area (TPSA) is 83.1 Å². The Morgan fingerprint density at radius 1 is 1.13 bits per heavy atom. The van der Waals surface area contributed by atoms with Crippen molar-refractivity contribution < 1.29 is 28.5 Å². The Labute approximate surface area is 180 Å². The summed E-state index contributed by atoms with van der Waals surface area (Å²) in [5.41, 5.74) is 1.05. The number of hydrogen-bond acceptors (Lipinski definition) is 6. The normalized spacial score (nSPS) is 13.5. The monoisotopic (exact) mass is 433 g/mol. The van der Waals surface area contributed by atoms with Crippen LogP contribution in [0.1, 0.15) is 42.2 Å². The first-order valence-corrected chi connectivity index (χ1v) is 9.98. The van der Waals surface area contributed by atoms with E-state index in [0.717, 1.165) is 5.56 Å². The maximum absolute atomic E-state index is 13.0. The van der Waals surface area contributed by atoms with Gasteiger partial charge in [0.05, 0.1) is 30.7 Å². The van der Waals surface area contributed by atoms with Gasteiger partial charge in [0.2, 0.25) is 0 Å². The van der Waals surface area contributed by atoms with Gasteiger partial charge in [0.15, 0.2) is 11.5 Å². The van der Waals surface area contributed by atoms with Crippen LogP contribution in [0.25, 0.3) is 0 Å². The Balaban J connectivity index is 1.83. The number of halogens is 1. The van der Waals surface area contributed by atoms with Crippen molar-refractivity contribution in [1.82, 2.24) is 5.32 Å². The molecular weight excluding hydrogens is 410 g/mol. The van der Waals surface area contributed by atoms with Crippen molar-refractivity contribution in [3.05, 3.63) is 52.5 Å². The molecule has 2 aromatic rings. The second-order valence-corrected chi connectivity index (χ2v) is 7.43. The molecule has 1 atom stereocenters. The van der Waals surface area contributed by atoms with Crippen molar-refractivity contribution in [2.24, 2.45) is 0 Å². The van der Waals surface area contributed by atoms with Crippen LogP contribution in [0.4, 0.5) is 0 Å². The highest BCUT2D eigenvalue weighted by atomic mass is 35.5. The number of benzene rings is 2. The molecule has 1 aliphatic heterocycles. The van der Waals surface area contributed by atoms with E-state index < -0.39 is 17.9 Å². The maximum Gasteiger partial charge on any atom is 0.308 e. The van der Waals surface area contributed by atoms with Gasteiger partial charge in [0.1, 0.15) is 19.0 Å². The Hall–Kier alpha value is -2.93. The third-order valence-electron chi connectivity index (χ3n) is 4.42. The molecule has 0 fully saturated rings. The molecule has 2 aromatic carbocycles. The molecule has 0 aromatic heterocycles. The molecule has 7 nitrogen and oxygen atoms in total. The van der Waals surface area contributed by atoms with Crippen LogP contribution < -0.4 is 19.5 Å². The first kappa shape index (κ1) is 21.8. The summed E-state index contributed by atoms with van der Waals surface area (Å²) in [6.45, 7) is 4.33. The van der Waals surface area contributed by atoms with Gasteiger partial charge in [-0.15, -0.1) is 0 Å². The molecule has 8 heteroatoms. The van der Waals surface area contributed by atoms with Crippen LogP contribution in [0.15, 0.2) is 36.4 Å². The highest BCUT2D eigenvalue weighted by Gasteiger charge is 2.24. The molecule has 1 N–H and O–H groups in total. The van der Waals surface area contributed by atoms with Crippen molar-refractivity contribution in [2.45, 2.75) is 32.4 Å². The summed E-state index contributed by atoms with van der Waals surface area (Å²) in [6, 6.07) is 9.62. The van der Waals surface area contributed by atoms with Crippen LogP contribution >= 0.6 is 11.6 Å². The van der Waals surface area contributed by atoms with Crippen molar-refractivity contribution in [3.8, 4) is 17.2 Å². The first-order chi connectivity index (χ1) is 14.4. The second kappa shape index (κ2) is 9.71. The van der Waals surface area contributed by atoms with Gasteiger partial charge in [-0.2, -0.15) is 0 Å². The molecule has 3 rings (SSSR count). The molecule has 1 unspecified atom stereocenters. The number of nitrogens with one attached hydrogen (secondary N) is 1. The molecule has 160 valence electrons. The minimum atomic E-state index is -0.596. The summed E-state index contributed by atoms with van der Waals surface area (Å²) in [6.07, 6.45) is -0.268. The van der Waals surface area contributed by atoms with Gasteiger partial charge in [0, 0.05) is 5.56 Å². The minimum Gasteiger partial charge on any atom is -0.497 e. The number of rotatable bonds is 7. The number of carbonyl (C=O) groups excluding carboxylic acids is 2. The van der Waals surface area contributed by atoms with Gasteiger partial charge in [0.25, 0.3) is 5.91 Å². The Bertz CT molecular complexity index is 913. The number of ether oxygens (including phenoxy) is 4. The summed E-state index contributed by atoms with van der Waals surface area (Å²) in [7, 11) is 1.57. The van der Waals surface area contributed by atoms with Gasteiger partial charge < -0.3 is 24.3 Å². The van der Waals surface area contributed by atoms with E-state index in [0.29, 0.717) is 36.0 Å². The minimum absolute atomic E-state index is 0.0193. The maximum atomic E-state index is 13.0. The fourth-order valence-electron chi connectivity index (χ4n) is 3.05. The van der Waals surface area contributed by atoms with E-state index in [1.807, 2.05) is 0 Å². The van der Waals surface area contributed by atoms with Crippen LogP contribution in [0.2, 0.25) is 5.02 Å². The van der Waals surface area contributed by atoms with Gasteiger partial charge in [-0.1, -0.05) is 23.7 Å². The number of amides is 1. The average Bonchev–Trinajstić information content (AvgIpc) is 2.72. The number of carbonyl (C=O) groups is 2. The summed E-state index contributed by atoms with van der Waals surface area (Å²) in [4.78, 5) is 25.2. The number of hydrogen-bond donors (Lipinski definition) is 1. The predicted octanol–water partition coefficient (Wildman–Crippen LogP) is 3.93. The molecule has 0 bridgehead atoms. The fourth-order valence-corrected chi connectivity index (χ4v) is 3.31. The zero-order chi connectivity index (χ0) is 21.7. The van der Waals surface area contributed by atoms with Gasteiger partial charge in [-0.05, 0) is 43.7 Å². The summed E-state index contributed by atoms with van der Waals surface area (Å²) < 4.78 is 21.5. The van der Waals surface area contributed by atoms with E-state index in [9.17, 15) is 9.59 Å². The molecule has 0 spiro atoms. The molecule has 0 radical (unpaired) electrons. The number of esters is 1. The largest absolute Gasteiger partial charge is 0.497 e. The van der Waals surface area contributed by atoms with Gasteiger partial charge in [-0.25, -0.2) is 0 Å². The van der Waals surface area contributed by atoms with E-state index in [1.54, 1.807) is 51.3 Å². The molecule has 0 saturated carbocycles. The molecule has 0 saturated heterocycles. The highest BCUT2D eigenvalue weighted by molar-refractivity contribution is 6.32. The summed E-state index contributed by atoms with van der Waals surface area (Å²) in [5, 5.41) is 3.18. The number of fused-ring (bicyclic) bond motifs is 1. The lowest BCUT2D eigenvalue weighted by molar-refractivity contribution is -0.147. The second-order valence-electron chi connectivity index (χ2n) is 7.02. The van der Waals surface area contributed by atoms with E-state index in [2.05, 4.69) is 5.32 Å². The smallest absolute Gasteiger partial charge is 0.308 e. The fraction of sp³-hybridized carbons (Fsp3) is 0.364. The molecule has 1 amide bonds. The lowest BCUT2D eigenvalue weighted by Gasteiger charge is -2.22. The summed E-state index contributed by atoms with van der Waals surface area (Å²) in [5.74, 6) is 0.705. The third kappa shape index (κ3) is 5.36. The highest BCUT2D eigenvalue weighted by Crippen LogP contribution is 2.38. The lowest BCUT2D eigenvalue weighted by Crippen LogP contribution is -2.31. The van der Waals surface area contributed by atoms with Crippen LogP contribution in [0.5, 0.6) is 17.2 Å². The zero-order valence-corrected chi connectivity index (χ0v) is 17.8. The zero-order valence-electron chi connectivity index (χ0n) is 17.1. The van der Waals surface area contributed by atoms with E-state index in [1.165, 1.54) is 6.07 Å². The van der Waals surface area contributed by atoms with Crippen LogP contribution in [0.3, 0.4) is 0 Å². The molecule has 1 aliphatic rings. The SMILES string of the molecule is COc1ccc(C(CC(=O)OC(C)C)NC(=O)c2cc(Cl)c3c(c2)OCCO3)cc1. The number of methoxy groups -OCH3 is 1. The van der Waals surface area contributed by atoms with Crippen LogP contribution in [-0.2, 0) is 9.53 Å². The first-order valence-electron chi connectivity index (χ1n) is 9.60. The Morgan fingerprint density at radius 2 is 1.83 bits per heavy atom. The van der Waals surface area contributed by atoms with Crippen LogP contribution in [-0.4, -0.2) is 38.3 Å². The third-order valence-corrected chi connectivity index (χ3v) is 4.70. The quantitative estimate of drug-likeness (QED) is 0.666. The van der Waals surface area contributed by atoms with Gasteiger partial charge >= 0.3 is 5.97 Å². The molecule has 30 heavy (non-hydrogen) atoms. The predicted molar refractivity (Wildman–Crippen MR) is 111 cm³/mol. The van der Waals surface area contributed by atoms with E-state index in [-0.39, 0.29) is 17.5 Å². The van der Waals surface area contributed by atoms with Crippen molar-refractivity contribution in [3.63, 3.8) is 0 Å². The van der Waals surface area contributed by atoms with E-state index in [4.69, 9.17) is 30.5 Å². The van der Waals surface area contributed by atoms with Crippen LogP contribution in [0, 0.1) is 0 Å². The van der Waals surface area contributed by atoms with Gasteiger partial charge in [-0.3, -0.25) is 9.59 Å². The average molecular weight is 434 g/mol. The van der Waals surface area contributed by atoms with E-state index >= 15 is 0 Å². The Kier molecular flexibility index (Phi) is 7.05. The van der Waals surface area contributed by atoms with Crippen molar-refractivity contribution >= 4 is 23.5 Å². The van der Waals surface area contributed by atoms with Crippen molar-refractivity contribution in [1.29, 1.82) is 0 Å². The lowest BCUT2D eigenvalue weighted by atomic mass is 10.0. The molecular formula is C22H24ClNO6. The standard InChI is InChI=1S/C22H24ClNO6/c1-13(2)30-20(25)12-18(14-4-6-16(27-3)7-5-14)24-22(26)15-10-17(23)21-19(11-15)28-8-9-29-21/h4-7,10-11,13,18H,8-9,12H2,1-3H3,(H,24,26). The molecule has 1 heterocycles. The van der Waals surface area contributed by atoms with Crippen molar-refractivity contribution in [2.75, 3.05) is 20.3 Å². The molecule has 0 aliphatic carbocycles. The summed E-state index contributed by atoms with van der Waals surface area (Å²) >= 11 is 6.25.